The average molecular weight is 263 g/mol. The number of rotatable bonds is 4. The van der Waals surface area contributed by atoms with Gasteiger partial charge in [-0.1, -0.05) is 0 Å². The maximum absolute atomic E-state index is 5.57. The van der Waals surface area contributed by atoms with Gasteiger partial charge in [0.1, 0.15) is 0 Å². The number of hydrogen-bond acceptors (Lipinski definition) is 4. The summed E-state index contributed by atoms with van der Waals surface area (Å²) in [6.07, 6.45) is 8.09. The van der Waals surface area contributed by atoms with Crippen molar-refractivity contribution in [3.8, 4) is 0 Å². The van der Waals surface area contributed by atoms with Crippen LogP contribution in [0.3, 0.4) is 0 Å². The molecule has 0 aromatic carbocycles. The SMILES string of the molecule is CN1C2CCC1CN(Cc1cn(CCN)cn1)CC2. The fourth-order valence-electron chi connectivity index (χ4n) is 3.51. The first-order valence-electron chi connectivity index (χ1n) is 7.41. The molecule has 2 fully saturated rings. The van der Waals surface area contributed by atoms with Crippen molar-refractivity contribution in [3.05, 3.63) is 18.2 Å². The minimum Gasteiger partial charge on any atom is -0.336 e. The zero-order valence-electron chi connectivity index (χ0n) is 11.8. The fraction of sp³-hybridized carbons (Fsp3) is 0.786. The van der Waals surface area contributed by atoms with Crippen molar-refractivity contribution in [1.29, 1.82) is 0 Å². The highest BCUT2D eigenvalue weighted by Gasteiger charge is 2.34. The quantitative estimate of drug-likeness (QED) is 0.860. The predicted octanol–water partition coefficient (Wildman–Crippen LogP) is 0.510. The van der Waals surface area contributed by atoms with Crippen molar-refractivity contribution >= 4 is 0 Å². The molecular weight excluding hydrogens is 238 g/mol. The van der Waals surface area contributed by atoms with Crippen molar-refractivity contribution in [3.63, 3.8) is 0 Å². The maximum Gasteiger partial charge on any atom is 0.0950 e. The number of fused-ring (bicyclic) bond motifs is 2. The van der Waals surface area contributed by atoms with Gasteiger partial charge in [0.15, 0.2) is 0 Å². The lowest BCUT2D eigenvalue weighted by atomic mass is 10.1. The van der Waals surface area contributed by atoms with Crippen molar-refractivity contribution in [2.75, 3.05) is 26.7 Å². The van der Waals surface area contributed by atoms with Crippen molar-refractivity contribution in [2.45, 2.75) is 44.4 Å². The van der Waals surface area contributed by atoms with Crippen molar-refractivity contribution < 1.29 is 0 Å². The molecule has 2 unspecified atom stereocenters. The number of likely N-dealkylation sites (tertiary alicyclic amines) is 1. The maximum atomic E-state index is 5.57. The van der Waals surface area contributed by atoms with E-state index in [9.17, 15) is 0 Å². The van der Waals surface area contributed by atoms with Crippen LogP contribution in [0.15, 0.2) is 12.5 Å². The van der Waals surface area contributed by atoms with E-state index in [0.717, 1.165) is 25.2 Å². The molecule has 1 aromatic heterocycles. The molecule has 0 amide bonds. The minimum atomic E-state index is 0.675. The number of aromatic nitrogens is 2. The van der Waals surface area contributed by atoms with E-state index in [1.807, 2.05) is 6.33 Å². The van der Waals surface area contributed by atoms with Gasteiger partial charge in [0.05, 0.1) is 12.0 Å². The van der Waals surface area contributed by atoms with Gasteiger partial charge in [-0.2, -0.15) is 0 Å². The smallest absolute Gasteiger partial charge is 0.0950 e. The van der Waals surface area contributed by atoms with Crippen LogP contribution in [0, 0.1) is 0 Å². The first-order chi connectivity index (χ1) is 9.26. The third-order valence-corrected chi connectivity index (χ3v) is 4.69. The number of likely N-dealkylation sites (N-methyl/N-ethyl adjacent to an activating group) is 1. The first kappa shape index (κ1) is 13.1. The van der Waals surface area contributed by atoms with Crippen LogP contribution in [0.1, 0.15) is 25.0 Å². The number of hydrogen-bond donors (Lipinski definition) is 1. The molecule has 106 valence electrons. The van der Waals surface area contributed by atoms with Crippen LogP contribution < -0.4 is 5.73 Å². The summed E-state index contributed by atoms with van der Waals surface area (Å²) in [7, 11) is 2.29. The summed E-state index contributed by atoms with van der Waals surface area (Å²) >= 11 is 0. The molecule has 1 aromatic rings. The Labute approximate surface area is 115 Å². The molecule has 0 saturated carbocycles. The molecule has 3 rings (SSSR count). The highest BCUT2D eigenvalue weighted by atomic mass is 15.3. The second-order valence-electron chi connectivity index (χ2n) is 5.97. The molecule has 5 heteroatoms. The van der Waals surface area contributed by atoms with E-state index in [-0.39, 0.29) is 0 Å². The lowest BCUT2D eigenvalue weighted by Crippen LogP contribution is -2.36. The molecule has 2 saturated heterocycles. The van der Waals surface area contributed by atoms with Crippen LogP contribution in [0.5, 0.6) is 0 Å². The zero-order valence-corrected chi connectivity index (χ0v) is 11.8. The molecule has 2 aliphatic rings. The summed E-state index contributed by atoms with van der Waals surface area (Å²) in [6, 6.07) is 1.56. The van der Waals surface area contributed by atoms with Crippen LogP contribution in [0.25, 0.3) is 0 Å². The van der Waals surface area contributed by atoms with Gasteiger partial charge in [-0.3, -0.25) is 9.80 Å². The first-order valence-corrected chi connectivity index (χ1v) is 7.41. The Balaban J connectivity index is 1.60. The third kappa shape index (κ3) is 2.83. The Kier molecular flexibility index (Phi) is 3.86. The highest BCUT2D eigenvalue weighted by molar-refractivity contribution is 4.99. The number of nitrogens with two attached hydrogens (primary N) is 1. The number of imidazole rings is 1. The fourth-order valence-corrected chi connectivity index (χ4v) is 3.51. The van der Waals surface area contributed by atoms with Gasteiger partial charge >= 0.3 is 0 Å². The molecule has 0 spiro atoms. The summed E-state index contributed by atoms with van der Waals surface area (Å²) in [5.74, 6) is 0. The van der Waals surface area contributed by atoms with Crippen LogP contribution in [0.2, 0.25) is 0 Å². The topological polar surface area (TPSA) is 50.3 Å². The molecule has 5 nitrogen and oxygen atoms in total. The van der Waals surface area contributed by atoms with Gasteiger partial charge < -0.3 is 10.3 Å². The lowest BCUT2D eigenvalue weighted by Gasteiger charge is -2.24. The predicted molar refractivity (Wildman–Crippen MR) is 75.7 cm³/mol. The summed E-state index contributed by atoms with van der Waals surface area (Å²) in [5.41, 5.74) is 6.74. The van der Waals surface area contributed by atoms with Crippen LogP contribution in [0.4, 0.5) is 0 Å². The Morgan fingerprint density at radius 2 is 2.16 bits per heavy atom. The second-order valence-corrected chi connectivity index (χ2v) is 5.97. The monoisotopic (exact) mass is 263 g/mol. The van der Waals surface area contributed by atoms with Gasteiger partial charge in [-0.05, 0) is 26.3 Å². The van der Waals surface area contributed by atoms with Crippen molar-refractivity contribution in [2.24, 2.45) is 5.73 Å². The Bertz CT molecular complexity index is 416. The molecular formula is C14H25N5. The standard InChI is InChI=1S/C14H25N5/c1-17-13-2-3-14(17)10-18(6-4-13)8-12-9-19(7-5-15)11-16-12/h9,11,13-14H,2-8,10,15H2,1H3. The Morgan fingerprint density at radius 3 is 3.00 bits per heavy atom. The molecule has 19 heavy (non-hydrogen) atoms. The normalized spacial score (nSPS) is 28.7. The molecule has 2 bridgehead atoms. The van der Waals surface area contributed by atoms with E-state index in [2.05, 4.69) is 32.6 Å². The zero-order chi connectivity index (χ0) is 13.2. The van der Waals surface area contributed by atoms with Gasteiger partial charge in [0.2, 0.25) is 0 Å². The molecule has 3 heterocycles. The van der Waals surface area contributed by atoms with Crippen LogP contribution in [-0.4, -0.2) is 58.1 Å². The van der Waals surface area contributed by atoms with Gasteiger partial charge in [-0.25, -0.2) is 4.98 Å². The molecule has 2 N–H and O–H groups in total. The van der Waals surface area contributed by atoms with E-state index < -0.39 is 0 Å². The van der Waals surface area contributed by atoms with E-state index in [1.54, 1.807) is 0 Å². The molecule has 0 radical (unpaired) electrons. The molecule has 0 aliphatic carbocycles. The van der Waals surface area contributed by atoms with E-state index in [0.29, 0.717) is 6.54 Å². The number of nitrogens with zero attached hydrogens (tertiary/aromatic N) is 4. The third-order valence-electron chi connectivity index (χ3n) is 4.69. The van der Waals surface area contributed by atoms with Gasteiger partial charge in [0.25, 0.3) is 0 Å². The second kappa shape index (κ2) is 5.61. The van der Waals surface area contributed by atoms with E-state index in [1.165, 1.54) is 38.0 Å². The van der Waals surface area contributed by atoms with Gasteiger partial charge in [0, 0.05) is 51.0 Å². The van der Waals surface area contributed by atoms with E-state index >= 15 is 0 Å². The van der Waals surface area contributed by atoms with Gasteiger partial charge in [-0.15, -0.1) is 0 Å². The summed E-state index contributed by atoms with van der Waals surface area (Å²) < 4.78 is 2.09. The van der Waals surface area contributed by atoms with Crippen molar-refractivity contribution in [1.82, 2.24) is 19.4 Å². The lowest BCUT2D eigenvalue weighted by molar-refractivity contribution is 0.213. The Morgan fingerprint density at radius 1 is 1.32 bits per heavy atom. The van der Waals surface area contributed by atoms with E-state index in [4.69, 9.17) is 5.73 Å². The summed E-state index contributed by atoms with van der Waals surface area (Å²) in [4.78, 5) is 9.65. The molecule has 2 atom stereocenters. The van der Waals surface area contributed by atoms with Crippen LogP contribution >= 0.6 is 0 Å². The Hall–Kier alpha value is -0.910. The summed E-state index contributed by atoms with van der Waals surface area (Å²) in [5, 5.41) is 0. The largest absolute Gasteiger partial charge is 0.336 e. The highest BCUT2D eigenvalue weighted by Crippen LogP contribution is 2.28. The average Bonchev–Trinajstić information content (AvgIpc) is 2.90. The molecule has 2 aliphatic heterocycles. The minimum absolute atomic E-state index is 0.675. The van der Waals surface area contributed by atoms with Crippen LogP contribution in [-0.2, 0) is 13.1 Å². The summed E-state index contributed by atoms with van der Waals surface area (Å²) in [6.45, 7) is 4.91.